The number of nitrogens with zero attached hydrogens (tertiary/aromatic N) is 2. The Morgan fingerprint density at radius 2 is 1.76 bits per heavy atom. The number of halogens is 1. The first-order valence-corrected chi connectivity index (χ1v) is 9.50. The van der Waals surface area contributed by atoms with Crippen LogP contribution in [-0.2, 0) is 0 Å². The summed E-state index contributed by atoms with van der Waals surface area (Å²) in [6.45, 7) is 1.98. The molecule has 0 saturated carbocycles. The minimum Gasteiger partial charge on any atom is -0.450 e. The molecule has 0 aliphatic carbocycles. The van der Waals surface area contributed by atoms with E-state index >= 15 is 0 Å². The number of para-hydroxylation sites is 1. The molecule has 1 unspecified atom stereocenters. The number of carbonyl (C=O) groups excluding carboxylic acids is 1. The maximum absolute atomic E-state index is 13.4. The van der Waals surface area contributed by atoms with Gasteiger partial charge >= 0.3 is 0 Å². The second kappa shape index (κ2) is 6.57. The van der Waals surface area contributed by atoms with Crippen molar-refractivity contribution >= 4 is 34.3 Å². The number of hydrogen-bond acceptors (Lipinski definition) is 4. The van der Waals surface area contributed by atoms with E-state index in [0.29, 0.717) is 27.4 Å². The van der Waals surface area contributed by atoms with Crippen molar-refractivity contribution in [3.05, 3.63) is 105 Å². The van der Waals surface area contributed by atoms with Gasteiger partial charge in [0, 0.05) is 6.20 Å². The zero-order valence-corrected chi connectivity index (χ0v) is 16.2. The Morgan fingerprint density at radius 3 is 2.48 bits per heavy atom. The molecule has 0 fully saturated rings. The summed E-state index contributed by atoms with van der Waals surface area (Å²) in [5.41, 5.74) is 2.40. The molecule has 5 rings (SSSR count). The first-order valence-electron chi connectivity index (χ1n) is 9.12. The number of amides is 1. The molecular formula is C23H15ClN2O3. The lowest BCUT2D eigenvalue weighted by Crippen LogP contribution is -2.30. The van der Waals surface area contributed by atoms with Gasteiger partial charge in [-0.2, -0.15) is 0 Å². The van der Waals surface area contributed by atoms with E-state index in [2.05, 4.69) is 4.98 Å². The summed E-state index contributed by atoms with van der Waals surface area (Å²) in [5.74, 6) is 0.0547. The predicted molar refractivity (Wildman–Crippen MR) is 112 cm³/mol. The summed E-state index contributed by atoms with van der Waals surface area (Å²) < 4.78 is 5.90. The van der Waals surface area contributed by atoms with Crippen molar-refractivity contribution in [3.8, 4) is 0 Å². The number of aromatic nitrogens is 1. The number of fused-ring (bicyclic) bond motifs is 2. The van der Waals surface area contributed by atoms with Crippen LogP contribution < -0.4 is 10.3 Å². The zero-order chi connectivity index (χ0) is 20.1. The lowest BCUT2D eigenvalue weighted by atomic mass is 9.98. The topological polar surface area (TPSA) is 63.4 Å². The number of anilines is 1. The molecule has 4 aromatic rings. The van der Waals surface area contributed by atoms with Gasteiger partial charge in [-0.05, 0) is 36.8 Å². The van der Waals surface area contributed by atoms with Crippen molar-refractivity contribution in [3.63, 3.8) is 0 Å². The van der Waals surface area contributed by atoms with E-state index in [9.17, 15) is 9.59 Å². The second-order valence-electron chi connectivity index (χ2n) is 6.99. The van der Waals surface area contributed by atoms with Gasteiger partial charge < -0.3 is 4.42 Å². The van der Waals surface area contributed by atoms with E-state index in [1.54, 1.807) is 36.4 Å². The standard InChI is InChI=1S/C23H15ClN2O3/c1-13-6-8-14(9-7-13)20-19-21(27)16-4-2-3-5-17(16)29-22(19)23(28)26(20)18-11-10-15(24)12-25-18/h2-12,20H,1H3. The van der Waals surface area contributed by atoms with Gasteiger partial charge in [0.2, 0.25) is 5.76 Å². The molecule has 2 aromatic carbocycles. The van der Waals surface area contributed by atoms with Crippen LogP contribution >= 0.6 is 11.6 Å². The molecule has 142 valence electrons. The Labute approximate surface area is 171 Å². The average Bonchev–Trinajstić information content (AvgIpc) is 3.02. The van der Waals surface area contributed by atoms with E-state index in [-0.39, 0.29) is 11.2 Å². The van der Waals surface area contributed by atoms with E-state index in [1.165, 1.54) is 11.1 Å². The van der Waals surface area contributed by atoms with Gasteiger partial charge in [0.1, 0.15) is 11.4 Å². The summed E-state index contributed by atoms with van der Waals surface area (Å²) in [4.78, 5) is 32.5. The minimum atomic E-state index is -0.632. The Hall–Kier alpha value is -3.44. The molecule has 1 amide bonds. The number of carbonyl (C=O) groups is 1. The highest BCUT2D eigenvalue weighted by atomic mass is 35.5. The summed E-state index contributed by atoms with van der Waals surface area (Å²) >= 11 is 5.98. The fourth-order valence-corrected chi connectivity index (χ4v) is 3.84. The van der Waals surface area contributed by atoms with Crippen molar-refractivity contribution < 1.29 is 9.21 Å². The van der Waals surface area contributed by atoms with Gasteiger partial charge in [-0.25, -0.2) is 4.98 Å². The van der Waals surface area contributed by atoms with E-state index in [1.807, 2.05) is 31.2 Å². The lowest BCUT2D eigenvalue weighted by Gasteiger charge is -2.24. The average molecular weight is 403 g/mol. The van der Waals surface area contributed by atoms with Gasteiger partial charge in [0.05, 0.1) is 22.0 Å². The molecule has 0 bridgehead atoms. The summed E-state index contributed by atoms with van der Waals surface area (Å²) in [7, 11) is 0. The molecule has 3 heterocycles. The third-order valence-electron chi connectivity index (χ3n) is 5.13. The normalized spacial score (nSPS) is 15.7. The van der Waals surface area contributed by atoms with E-state index in [0.717, 1.165) is 11.1 Å². The van der Waals surface area contributed by atoms with Gasteiger partial charge in [-0.3, -0.25) is 14.5 Å². The Bertz CT molecular complexity index is 1310. The SMILES string of the molecule is Cc1ccc(C2c3c(oc4ccccc4c3=O)C(=O)N2c2ccc(Cl)cn2)cc1. The molecule has 5 nitrogen and oxygen atoms in total. The summed E-state index contributed by atoms with van der Waals surface area (Å²) in [5, 5.41) is 0.909. The number of hydrogen-bond donors (Lipinski definition) is 0. The maximum atomic E-state index is 13.4. The molecule has 1 aliphatic heterocycles. The van der Waals surface area contributed by atoms with Crippen LogP contribution in [0.25, 0.3) is 11.0 Å². The van der Waals surface area contributed by atoms with Gasteiger partial charge in [-0.15, -0.1) is 0 Å². The highest BCUT2D eigenvalue weighted by molar-refractivity contribution is 6.30. The molecule has 0 spiro atoms. The summed E-state index contributed by atoms with van der Waals surface area (Å²) in [6.07, 6.45) is 1.48. The molecular weight excluding hydrogens is 388 g/mol. The number of aryl methyl sites for hydroxylation is 1. The minimum absolute atomic E-state index is 0.0519. The van der Waals surface area contributed by atoms with Crippen LogP contribution in [0, 0.1) is 6.92 Å². The fourth-order valence-electron chi connectivity index (χ4n) is 3.73. The Kier molecular flexibility index (Phi) is 4.00. The molecule has 0 N–H and O–H groups in total. The second-order valence-corrected chi connectivity index (χ2v) is 7.43. The van der Waals surface area contributed by atoms with E-state index < -0.39 is 11.9 Å². The summed E-state index contributed by atoms with van der Waals surface area (Å²) in [6, 6.07) is 17.4. The third kappa shape index (κ3) is 2.74. The molecule has 2 aromatic heterocycles. The zero-order valence-electron chi connectivity index (χ0n) is 15.4. The smallest absolute Gasteiger partial charge is 0.296 e. The number of pyridine rings is 1. The van der Waals surface area contributed by atoms with E-state index in [4.69, 9.17) is 16.0 Å². The predicted octanol–water partition coefficient (Wildman–Crippen LogP) is 4.90. The van der Waals surface area contributed by atoms with Gasteiger partial charge in [0.15, 0.2) is 5.43 Å². The largest absolute Gasteiger partial charge is 0.450 e. The maximum Gasteiger partial charge on any atom is 0.296 e. The van der Waals surface area contributed by atoms with Crippen molar-refractivity contribution in [2.45, 2.75) is 13.0 Å². The van der Waals surface area contributed by atoms with Crippen LogP contribution in [0.15, 0.2) is 76.1 Å². The van der Waals surface area contributed by atoms with Crippen molar-refractivity contribution in [1.29, 1.82) is 0 Å². The van der Waals surface area contributed by atoms with Crippen molar-refractivity contribution in [2.24, 2.45) is 0 Å². The fraction of sp³-hybridized carbons (Fsp3) is 0.0870. The molecule has 0 radical (unpaired) electrons. The van der Waals surface area contributed by atoms with Crippen LogP contribution in [0.2, 0.25) is 5.02 Å². The molecule has 29 heavy (non-hydrogen) atoms. The first-order chi connectivity index (χ1) is 14.0. The third-order valence-corrected chi connectivity index (χ3v) is 5.35. The number of rotatable bonds is 2. The van der Waals surface area contributed by atoms with Gasteiger partial charge in [-0.1, -0.05) is 53.6 Å². The Balaban J connectivity index is 1.81. The van der Waals surface area contributed by atoms with Crippen LogP contribution in [0.3, 0.4) is 0 Å². The van der Waals surface area contributed by atoms with Crippen molar-refractivity contribution in [2.75, 3.05) is 4.90 Å². The molecule has 1 aliphatic rings. The van der Waals surface area contributed by atoms with Crippen LogP contribution in [0.1, 0.15) is 33.3 Å². The Morgan fingerprint density at radius 1 is 1.00 bits per heavy atom. The molecule has 0 saturated heterocycles. The monoisotopic (exact) mass is 402 g/mol. The number of benzene rings is 2. The quantitative estimate of drug-likeness (QED) is 0.478. The highest BCUT2D eigenvalue weighted by Crippen LogP contribution is 2.40. The highest BCUT2D eigenvalue weighted by Gasteiger charge is 2.44. The van der Waals surface area contributed by atoms with Gasteiger partial charge in [0.25, 0.3) is 5.91 Å². The molecule has 1 atom stereocenters. The molecule has 6 heteroatoms. The van der Waals surface area contributed by atoms with Crippen LogP contribution in [-0.4, -0.2) is 10.9 Å². The van der Waals surface area contributed by atoms with Crippen LogP contribution in [0.4, 0.5) is 5.82 Å². The lowest BCUT2D eigenvalue weighted by molar-refractivity contribution is 0.0970. The van der Waals surface area contributed by atoms with Crippen LogP contribution in [0.5, 0.6) is 0 Å². The first kappa shape index (κ1) is 17.6. The van der Waals surface area contributed by atoms with Crippen molar-refractivity contribution in [1.82, 2.24) is 4.98 Å².